The van der Waals surface area contributed by atoms with Gasteiger partial charge in [-0.15, -0.1) is 0 Å². The molecule has 8 heteroatoms. The van der Waals surface area contributed by atoms with Gasteiger partial charge < -0.3 is 14.5 Å². The summed E-state index contributed by atoms with van der Waals surface area (Å²) in [6.07, 6.45) is 1.91. The summed E-state index contributed by atoms with van der Waals surface area (Å²) in [6, 6.07) is 7.08. The van der Waals surface area contributed by atoms with Crippen molar-refractivity contribution in [3.8, 4) is 5.75 Å². The van der Waals surface area contributed by atoms with Crippen LogP contribution >= 0.6 is 11.6 Å². The molecule has 0 spiro atoms. The monoisotopic (exact) mass is 391 g/mol. The first-order chi connectivity index (χ1) is 13.0. The van der Waals surface area contributed by atoms with Crippen LogP contribution in [0.15, 0.2) is 40.9 Å². The first-order valence-corrected chi connectivity index (χ1v) is 8.81. The molecule has 27 heavy (non-hydrogen) atoms. The highest BCUT2D eigenvalue weighted by Crippen LogP contribution is 2.26. The van der Waals surface area contributed by atoms with Crippen molar-refractivity contribution in [3.63, 3.8) is 0 Å². The van der Waals surface area contributed by atoms with Crippen molar-refractivity contribution in [3.05, 3.63) is 70.1 Å². The molecule has 142 valence electrons. The number of aromatic nitrogens is 2. The van der Waals surface area contributed by atoms with Crippen molar-refractivity contribution in [1.82, 2.24) is 15.1 Å². The van der Waals surface area contributed by atoms with Gasteiger partial charge in [0.2, 0.25) is 0 Å². The van der Waals surface area contributed by atoms with Gasteiger partial charge in [0.05, 0.1) is 10.7 Å². The molecule has 0 aliphatic rings. The Balaban J connectivity index is 1.56. The summed E-state index contributed by atoms with van der Waals surface area (Å²) < 4.78 is 25.9. The predicted molar refractivity (Wildman–Crippen MR) is 98.3 cm³/mol. The average Bonchev–Trinajstić information content (AvgIpc) is 3.25. The summed E-state index contributed by atoms with van der Waals surface area (Å²) in [4.78, 5) is 12.2. The lowest BCUT2D eigenvalue weighted by Crippen LogP contribution is -2.22. The van der Waals surface area contributed by atoms with Crippen LogP contribution in [-0.2, 0) is 19.7 Å². The number of nitrogens with zero attached hydrogens (tertiary/aromatic N) is 2. The van der Waals surface area contributed by atoms with Gasteiger partial charge >= 0.3 is 0 Å². The van der Waals surface area contributed by atoms with E-state index < -0.39 is 5.82 Å². The number of amides is 1. The van der Waals surface area contributed by atoms with Crippen LogP contribution in [-0.4, -0.2) is 15.7 Å². The van der Waals surface area contributed by atoms with Crippen molar-refractivity contribution >= 4 is 17.5 Å². The van der Waals surface area contributed by atoms with E-state index in [-0.39, 0.29) is 23.3 Å². The normalized spacial score (nSPS) is 10.8. The van der Waals surface area contributed by atoms with E-state index in [0.29, 0.717) is 18.1 Å². The maximum Gasteiger partial charge on any atom is 0.287 e. The summed E-state index contributed by atoms with van der Waals surface area (Å²) >= 11 is 5.91. The highest BCUT2D eigenvalue weighted by molar-refractivity contribution is 6.32. The van der Waals surface area contributed by atoms with Crippen LogP contribution in [0.1, 0.15) is 34.5 Å². The van der Waals surface area contributed by atoms with Crippen LogP contribution in [0.4, 0.5) is 4.39 Å². The van der Waals surface area contributed by atoms with Crippen LogP contribution in [0.25, 0.3) is 0 Å². The summed E-state index contributed by atoms with van der Waals surface area (Å²) in [5, 5.41) is 7.32. The fourth-order valence-corrected chi connectivity index (χ4v) is 2.70. The molecule has 6 nitrogen and oxygen atoms in total. The summed E-state index contributed by atoms with van der Waals surface area (Å²) in [5.41, 5.74) is 1.83. The molecule has 0 fully saturated rings. The molecule has 0 unspecified atom stereocenters. The predicted octanol–water partition coefficient (Wildman–Crippen LogP) is 4.11. The van der Waals surface area contributed by atoms with Crippen molar-refractivity contribution in [2.45, 2.75) is 33.5 Å². The number of halogens is 2. The number of hydrogen-bond donors (Lipinski definition) is 1. The number of rotatable bonds is 7. The second-order valence-electron chi connectivity index (χ2n) is 5.91. The van der Waals surface area contributed by atoms with Gasteiger partial charge in [0.15, 0.2) is 5.76 Å². The molecular weight excluding hydrogens is 373 g/mol. The van der Waals surface area contributed by atoms with Crippen molar-refractivity contribution in [2.75, 3.05) is 0 Å². The van der Waals surface area contributed by atoms with Gasteiger partial charge in [-0.3, -0.25) is 9.48 Å². The van der Waals surface area contributed by atoms with E-state index in [2.05, 4.69) is 10.4 Å². The largest absolute Gasteiger partial charge is 0.484 e. The molecule has 0 bridgehead atoms. The SMILES string of the molecule is CCn1cc(CNC(=O)c2ccc(COc3ccc(F)cc3Cl)o2)c(C)n1. The molecule has 0 saturated heterocycles. The maximum absolute atomic E-state index is 13.0. The molecule has 2 heterocycles. The van der Waals surface area contributed by atoms with Gasteiger partial charge in [0, 0.05) is 24.8 Å². The molecule has 0 atom stereocenters. The van der Waals surface area contributed by atoms with Crippen LogP contribution < -0.4 is 10.1 Å². The number of carbonyl (C=O) groups is 1. The molecule has 3 aromatic rings. The van der Waals surface area contributed by atoms with Crippen LogP contribution in [0, 0.1) is 12.7 Å². The van der Waals surface area contributed by atoms with Gasteiger partial charge in [-0.05, 0) is 44.2 Å². The highest BCUT2D eigenvalue weighted by atomic mass is 35.5. The second-order valence-corrected chi connectivity index (χ2v) is 6.31. The van der Waals surface area contributed by atoms with Crippen LogP contribution in [0.5, 0.6) is 5.75 Å². The minimum Gasteiger partial charge on any atom is -0.484 e. The molecule has 0 aliphatic heterocycles. The standard InChI is InChI=1S/C19H19ClFN3O3/c1-3-24-10-13(12(2)23-24)9-22-19(25)18-7-5-15(27-18)11-26-17-6-4-14(21)8-16(17)20/h4-8,10H,3,9,11H2,1-2H3,(H,22,25). The summed E-state index contributed by atoms with van der Waals surface area (Å²) in [7, 11) is 0. The van der Waals surface area contributed by atoms with E-state index in [1.807, 2.05) is 24.7 Å². The fourth-order valence-electron chi connectivity index (χ4n) is 2.48. The highest BCUT2D eigenvalue weighted by Gasteiger charge is 2.13. The van der Waals surface area contributed by atoms with Crippen LogP contribution in [0.2, 0.25) is 5.02 Å². The zero-order valence-corrected chi connectivity index (χ0v) is 15.7. The topological polar surface area (TPSA) is 69.3 Å². The van der Waals surface area contributed by atoms with Crippen LogP contribution in [0.3, 0.4) is 0 Å². The Morgan fingerprint density at radius 1 is 1.37 bits per heavy atom. The third-order valence-electron chi connectivity index (χ3n) is 3.96. The Labute approximate surface area is 160 Å². The number of furan rings is 1. The number of nitrogens with one attached hydrogen (secondary N) is 1. The molecule has 0 radical (unpaired) electrons. The fraction of sp³-hybridized carbons (Fsp3) is 0.263. The molecule has 1 N–H and O–H groups in total. The van der Waals surface area contributed by atoms with E-state index >= 15 is 0 Å². The van der Waals surface area contributed by atoms with Gasteiger partial charge in [0.1, 0.15) is 23.9 Å². The zero-order valence-electron chi connectivity index (χ0n) is 15.0. The summed E-state index contributed by atoms with van der Waals surface area (Å²) in [6.45, 7) is 5.11. The Morgan fingerprint density at radius 2 is 2.19 bits per heavy atom. The first-order valence-electron chi connectivity index (χ1n) is 8.44. The molecular formula is C19H19ClFN3O3. The number of carbonyl (C=O) groups excluding carboxylic acids is 1. The lowest BCUT2D eigenvalue weighted by atomic mass is 10.2. The Bertz CT molecular complexity index is 952. The van der Waals surface area contributed by atoms with Crippen molar-refractivity contribution in [1.29, 1.82) is 0 Å². The van der Waals surface area contributed by atoms with E-state index in [0.717, 1.165) is 17.8 Å². The van der Waals surface area contributed by atoms with E-state index in [1.54, 1.807) is 12.1 Å². The Kier molecular flexibility index (Phi) is 5.81. The van der Waals surface area contributed by atoms with Gasteiger partial charge in [0.25, 0.3) is 5.91 Å². The molecule has 0 saturated carbocycles. The van der Waals surface area contributed by atoms with Gasteiger partial charge in [-0.25, -0.2) is 4.39 Å². The van der Waals surface area contributed by atoms with Crippen molar-refractivity contribution in [2.24, 2.45) is 0 Å². The minimum absolute atomic E-state index is 0.0704. The quantitative estimate of drug-likeness (QED) is 0.658. The number of aryl methyl sites for hydroxylation is 2. The lowest BCUT2D eigenvalue weighted by Gasteiger charge is -2.06. The summed E-state index contributed by atoms with van der Waals surface area (Å²) in [5.74, 6) is 0.201. The molecule has 3 rings (SSSR count). The molecule has 1 amide bonds. The molecule has 2 aromatic heterocycles. The maximum atomic E-state index is 13.0. The van der Waals surface area contributed by atoms with Gasteiger partial charge in [-0.2, -0.15) is 5.10 Å². The van der Waals surface area contributed by atoms with E-state index in [9.17, 15) is 9.18 Å². The zero-order chi connectivity index (χ0) is 19.4. The van der Waals surface area contributed by atoms with E-state index in [1.165, 1.54) is 18.2 Å². The first kappa shape index (κ1) is 19.0. The lowest BCUT2D eigenvalue weighted by molar-refractivity contribution is 0.0919. The van der Waals surface area contributed by atoms with Gasteiger partial charge in [-0.1, -0.05) is 11.6 Å². The number of hydrogen-bond acceptors (Lipinski definition) is 4. The third kappa shape index (κ3) is 4.68. The Morgan fingerprint density at radius 3 is 2.89 bits per heavy atom. The third-order valence-corrected chi connectivity index (χ3v) is 4.26. The smallest absolute Gasteiger partial charge is 0.287 e. The average molecular weight is 392 g/mol. The second kappa shape index (κ2) is 8.26. The Hall–Kier alpha value is -2.80. The van der Waals surface area contributed by atoms with Crippen molar-refractivity contribution < 1.29 is 18.3 Å². The molecule has 1 aromatic carbocycles. The molecule has 0 aliphatic carbocycles. The number of benzene rings is 1. The van der Waals surface area contributed by atoms with E-state index in [4.69, 9.17) is 20.8 Å². The number of ether oxygens (including phenoxy) is 1. The minimum atomic E-state index is -0.441.